The third kappa shape index (κ3) is 3.76. The lowest BCUT2D eigenvalue weighted by atomic mass is 10.2. The molecule has 0 bridgehead atoms. The highest BCUT2D eigenvalue weighted by Crippen LogP contribution is 2.03. The lowest BCUT2D eigenvalue weighted by Gasteiger charge is -2.21. The van der Waals surface area contributed by atoms with E-state index in [2.05, 4.69) is 15.2 Å². The molecule has 7 nitrogen and oxygen atoms in total. The Hall–Kier alpha value is -2.05. The molecule has 1 aromatic rings. The summed E-state index contributed by atoms with van der Waals surface area (Å²) in [5.41, 5.74) is 0.929. The fourth-order valence-corrected chi connectivity index (χ4v) is 1.53. The summed E-state index contributed by atoms with van der Waals surface area (Å²) in [7, 11) is 4.74. The highest BCUT2D eigenvalue weighted by molar-refractivity contribution is 5.85. The van der Waals surface area contributed by atoms with E-state index in [9.17, 15) is 9.59 Å². The molecule has 0 saturated heterocycles. The van der Waals surface area contributed by atoms with Gasteiger partial charge in [-0.2, -0.15) is 5.10 Å². The Morgan fingerprint density at radius 2 is 2.28 bits per heavy atom. The quantitative estimate of drug-likeness (QED) is 0.828. The van der Waals surface area contributed by atoms with Crippen molar-refractivity contribution in [3.05, 3.63) is 18.0 Å². The van der Waals surface area contributed by atoms with Crippen LogP contribution in [-0.2, 0) is 23.1 Å². The summed E-state index contributed by atoms with van der Waals surface area (Å²) in [6.45, 7) is 2.05. The van der Waals surface area contributed by atoms with Crippen LogP contribution in [0.25, 0.3) is 0 Å². The zero-order valence-corrected chi connectivity index (χ0v) is 11.0. The maximum Gasteiger partial charge on any atom is 0.407 e. The summed E-state index contributed by atoms with van der Waals surface area (Å²) in [5.74, 6) is -0.191. The molecule has 1 rings (SSSR count). The number of alkyl carbamates (subject to hydrolysis) is 1. The van der Waals surface area contributed by atoms with Crippen LogP contribution >= 0.6 is 0 Å². The molecule has 1 unspecified atom stereocenters. The van der Waals surface area contributed by atoms with Gasteiger partial charge in [0.2, 0.25) is 5.91 Å². The summed E-state index contributed by atoms with van der Waals surface area (Å²) < 4.78 is 6.11. The van der Waals surface area contributed by atoms with Gasteiger partial charge in [-0.15, -0.1) is 0 Å². The van der Waals surface area contributed by atoms with E-state index in [-0.39, 0.29) is 5.91 Å². The van der Waals surface area contributed by atoms with E-state index in [0.717, 1.165) is 5.56 Å². The zero-order chi connectivity index (χ0) is 13.7. The zero-order valence-electron chi connectivity index (χ0n) is 11.0. The Balaban J connectivity index is 2.52. The molecular weight excluding hydrogens is 236 g/mol. The number of carbonyl (C=O) groups excluding carboxylic acids is 2. The number of amides is 2. The van der Waals surface area contributed by atoms with Crippen molar-refractivity contribution in [1.29, 1.82) is 0 Å². The number of methoxy groups -OCH3 is 1. The van der Waals surface area contributed by atoms with Crippen LogP contribution in [0.15, 0.2) is 12.4 Å². The average Bonchev–Trinajstić information content (AvgIpc) is 2.73. The molecule has 7 heteroatoms. The van der Waals surface area contributed by atoms with Gasteiger partial charge in [-0.3, -0.25) is 9.48 Å². The molecule has 1 atom stereocenters. The third-order valence-corrected chi connectivity index (χ3v) is 2.44. The van der Waals surface area contributed by atoms with Gasteiger partial charge in [0.15, 0.2) is 0 Å². The molecule has 0 spiro atoms. The van der Waals surface area contributed by atoms with E-state index >= 15 is 0 Å². The molecule has 1 heterocycles. The van der Waals surface area contributed by atoms with Crippen molar-refractivity contribution in [2.75, 3.05) is 14.2 Å². The molecule has 0 aliphatic rings. The summed E-state index contributed by atoms with van der Waals surface area (Å²) in [6, 6.07) is -0.626. The van der Waals surface area contributed by atoms with Crippen LogP contribution in [0.5, 0.6) is 0 Å². The van der Waals surface area contributed by atoms with Gasteiger partial charge in [0.1, 0.15) is 6.04 Å². The summed E-state index contributed by atoms with van der Waals surface area (Å²) in [4.78, 5) is 24.5. The Bertz CT molecular complexity index is 430. The minimum absolute atomic E-state index is 0.191. The molecule has 0 aliphatic carbocycles. The Morgan fingerprint density at radius 1 is 1.61 bits per heavy atom. The van der Waals surface area contributed by atoms with Gasteiger partial charge in [-0.1, -0.05) is 0 Å². The lowest BCUT2D eigenvalue weighted by molar-refractivity contribution is -0.132. The molecule has 0 saturated carbocycles. The van der Waals surface area contributed by atoms with E-state index in [4.69, 9.17) is 0 Å². The predicted octanol–water partition coefficient (Wildman–Crippen LogP) is 0.123. The fraction of sp³-hybridized carbons (Fsp3) is 0.545. The van der Waals surface area contributed by atoms with Gasteiger partial charge >= 0.3 is 6.09 Å². The molecule has 0 aromatic carbocycles. The predicted molar refractivity (Wildman–Crippen MR) is 64.7 cm³/mol. The molecule has 18 heavy (non-hydrogen) atoms. The van der Waals surface area contributed by atoms with E-state index in [1.807, 2.05) is 13.2 Å². The molecule has 0 radical (unpaired) electrons. The number of aryl methyl sites for hydroxylation is 1. The van der Waals surface area contributed by atoms with Crippen molar-refractivity contribution < 1.29 is 14.3 Å². The van der Waals surface area contributed by atoms with Crippen LogP contribution in [0.1, 0.15) is 12.5 Å². The van der Waals surface area contributed by atoms with E-state index in [0.29, 0.717) is 6.54 Å². The first-order valence-electron chi connectivity index (χ1n) is 5.51. The number of rotatable bonds is 4. The number of aromatic nitrogens is 2. The highest BCUT2D eigenvalue weighted by Gasteiger charge is 2.19. The van der Waals surface area contributed by atoms with E-state index in [1.54, 1.807) is 24.9 Å². The fourth-order valence-electron chi connectivity index (χ4n) is 1.53. The normalized spacial score (nSPS) is 11.8. The van der Waals surface area contributed by atoms with Crippen LogP contribution in [0, 0.1) is 0 Å². The molecule has 0 aliphatic heterocycles. The van der Waals surface area contributed by atoms with Crippen molar-refractivity contribution in [1.82, 2.24) is 20.0 Å². The first kappa shape index (κ1) is 14.0. The molecule has 0 fully saturated rings. The number of carbonyl (C=O) groups is 2. The number of hydrogen-bond acceptors (Lipinski definition) is 4. The monoisotopic (exact) mass is 254 g/mol. The van der Waals surface area contributed by atoms with Gasteiger partial charge in [0.25, 0.3) is 0 Å². The van der Waals surface area contributed by atoms with E-state index < -0.39 is 12.1 Å². The second-order valence-electron chi connectivity index (χ2n) is 4.07. The van der Waals surface area contributed by atoms with Crippen molar-refractivity contribution in [3.63, 3.8) is 0 Å². The number of likely N-dealkylation sites (N-methyl/N-ethyl adjacent to an activating group) is 1. The lowest BCUT2D eigenvalue weighted by Crippen LogP contribution is -2.45. The number of nitrogens with one attached hydrogen (secondary N) is 1. The Labute approximate surface area is 106 Å². The first-order valence-corrected chi connectivity index (χ1v) is 5.51. The van der Waals surface area contributed by atoms with Crippen molar-refractivity contribution in [2.45, 2.75) is 19.5 Å². The van der Waals surface area contributed by atoms with Crippen LogP contribution in [0.2, 0.25) is 0 Å². The smallest absolute Gasteiger partial charge is 0.407 e. The number of hydrogen-bond donors (Lipinski definition) is 1. The molecular formula is C11H18N4O3. The van der Waals surface area contributed by atoms with Crippen LogP contribution in [0.3, 0.4) is 0 Å². The maximum atomic E-state index is 11.9. The topological polar surface area (TPSA) is 76.5 Å². The SMILES string of the molecule is COC(=O)NC(C)C(=O)N(C)Cc1cnn(C)c1. The van der Waals surface area contributed by atoms with Gasteiger partial charge in [-0.25, -0.2) is 4.79 Å². The van der Waals surface area contributed by atoms with E-state index in [1.165, 1.54) is 12.0 Å². The van der Waals surface area contributed by atoms with Crippen molar-refractivity contribution >= 4 is 12.0 Å². The summed E-state index contributed by atoms with van der Waals surface area (Å²) in [5, 5.41) is 6.45. The number of nitrogens with zero attached hydrogens (tertiary/aromatic N) is 3. The standard InChI is InChI=1S/C11H18N4O3/c1-8(13-11(17)18-4)10(16)14(2)6-9-5-12-15(3)7-9/h5,7-8H,6H2,1-4H3,(H,13,17). The van der Waals surface area contributed by atoms with Crippen LogP contribution < -0.4 is 5.32 Å². The maximum absolute atomic E-state index is 11.9. The third-order valence-electron chi connectivity index (χ3n) is 2.44. The van der Waals surface area contributed by atoms with Gasteiger partial charge in [-0.05, 0) is 6.92 Å². The minimum Gasteiger partial charge on any atom is -0.453 e. The Kier molecular flexibility index (Phi) is 4.70. The van der Waals surface area contributed by atoms with Gasteiger partial charge in [0, 0.05) is 32.4 Å². The van der Waals surface area contributed by atoms with Crippen LogP contribution in [0.4, 0.5) is 4.79 Å². The second-order valence-corrected chi connectivity index (χ2v) is 4.07. The van der Waals surface area contributed by atoms with Crippen molar-refractivity contribution in [2.24, 2.45) is 7.05 Å². The van der Waals surface area contributed by atoms with Gasteiger partial charge < -0.3 is 15.0 Å². The molecule has 100 valence electrons. The summed E-state index contributed by atoms with van der Waals surface area (Å²) >= 11 is 0. The van der Waals surface area contributed by atoms with Gasteiger partial charge in [0.05, 0.1) is 13.3 Å². The van der Waals surface area contributed by atoms with Crippen molar-refractivity contribution in [3.8, 4) is 0 Å². The second kappa shape index (κ2) is 6.04. The Morgan fingerprint density at radius 3 is 2.78 bits per heavy atom. The molecule has 1 N–H and O–H groups in total. The molecule has 2 amide bonds. The molecule has 1 aromatic heterocycles. The largest absolute Gasteiger partial charge is 0.453 e. The highest BCUT2D eigenvalue weighted by atomic mass is 16.5. The number of ether oxygens (including phenoxy) is 1. The van der Waals surface area contributed by atoms with Crippen LogP contribution in [-0.4, -0.2) is 46.9 Å². The first-order chi connectivity index (χ1) is 8.43. The average molecular weight is 254 g/mol. The summed E-state index contributed by atoms with van der Waals surface area (Å²) in [6.07, 6.45) is 2.91. The minimum atomic E-state index is -0.626.